The minimum atomic E-state index is -0.459. The van der Waals surface area contributed by atoms with Gasteiger partial charge in [0.1, 0.15) is 12.4 Å². The van der Waals surface area contributed by atoms with E-state index in [0.29, 0.717) is 31.5 Å². The van der Waals surface area contributed by atoms with Crippen molar-refractivity contribution in [1.82, 2.24) is 4.57 Å². The van der Waals surface area contributed by atoms with Gasteiger partial charge in [0.15, 0.2) is 0 Å². The molecule has 1 aromatic heterocycles. The lowest BCUT2D eigenvalue weighted by Gasteiger charge is -2.30. The van der Waals surface area contributed by atoms with Crippen LogP contribution < -0.4 is 15.8 Å². The number of ether oxygens (including phenoxy) is 3. The first kappa shape index (κ1) is 21.1. The van der Waals surface area contributed by atoms with Crippen molar-refractivity contribution >= 4 is 28.4 Å². The molecule has 2 aromatic carbocycles. The largest absolute Gasteiger partial charge is 0.491 e. The molecule has 1 aliphatic carbocycles. The fraction of sp³-hybridized carbons (Fsp3) is 0.375. The normalized spacial score (nSPS) is 13.7. The molecule has 3 N–H and O–H groups in total. The molecule has 164 valence electrons. The first-order valence-corrected chi connectivity index (χ1v) is 10.7. The van der Waals surface area contributed by atoms with Gasteiger partial charge < -0.3 is 24.5 Å². The summed E-state index contributed by atoms with van der Waals surface area (Å²) in [6, 6.07) is 14.2. The van der Waals surface area contributed by atoms with Crippen LogP contribution in [0.5, 0.6) is 5.75 Å². The molecule has 0 saturated heterocycles. The van der Waals surface area contributed by atoms with Crippen LogP contribution in [0.25, 0.3) is 22.2 Å². The number of nitrogens with zero attached hydrogens (tertiary/aromatic N) is 1. The lowest BCUT2D eigenvalue weighted by Crippen LogP contribution is -2.18. The number of fused-ring (bicyclic) bond motifs is 1. The van der Waals surface area contributed by atoms with E-state index in [4.69, 9.17) is 19.9 Å². The summed E-state index contributed by atoms with van der Waals surface area (Å²) < 4.78 is 18.2. The van der Waals surface area contributed by atoms with Crippen LogP contribution in [0.4, 0.5) is 16.2 Å². The molecule has 1 amide bonds. The quantitative estimate of drug-likeness (QED) is 0.486. The van der Waals surface area contributed by atoms with E-state index in [2.05, 4.69) is 16.0 Å². The van der Waals surface area contributed by atoms with Crippen LogP contribution in [0, 0.1) is 0 Å². The lowest BCUT2D eigenvalue weighted by molar-refractivity contribution is 0.146. The van der Waals surface area contributed by atoms with E-state index < -0.39 is 6.09 Å². The van der Waals surface area contributed by atoms with E-state index >= 15 is 0 Å². The number of nitrogens with two attached hydrogens (primary N) is 1. The lowest BCUT2D eigenvalue weighted by atomic mass is 9.92. The maximum atomic E-state index is 11.7. The molecule has 7 nitrogen and oxygen atoms in total. The topological polar surface area (TPSA) is 87.7 Å². The molecule has 1 saturated carbocycles. The van der Waals surface area contributed by atoms with E-state index in [-0.39, 0.29) is 0 Å². The van der Waals surface area contributed by atoms with Gasteiger partial charge in [-0.25, -0.2) is 4.79 Å². The van der Waals surface area contributed by atoms with Crippen molar-refractivity contribution in [3.05, 3.63) is 42.5 Å². The summed E-state index contributed by atoms with van der Waals surface area (Å²) in [5, 5.41) is 3.75. The number of hydrogen-bond acceptors (Lipinski definition) is 5. The Kier molecular flexibility index (Phi) is 6.32. The van der Waals surface area contributed by atoms with Crippen molar-refractivity contribution < 1.29 is 19.0 Å². The second-order valence-electron chi connectivity index (χ2n) is 7.66. The SMILES string of the molecule is CCOC(=O)Nc1ccc(-c2c(N)c3ccc(OCCOC)cc3n2C2CCC2)cc1. The highest BCUT2D eigenvalue weighted by molar-refractivity contribution is 6.01. The summed E-state index contributed by atoms with van der Waals surface area (Å²) in [5.41, 5.74) is 11.2. The number of nitrogen functional groups attached to an aromatic ring is 1. The molecule has 31 heavy (non-hydrogen) atoms. The fourth-order valence-corrected chi connectivity index (χ4v) is 3.96. The van der Waals surface area contributed by atoms with E-state index in [1.54, 1.807) is 14.0 Å². The Balaban J connectivity index is 1.71. The summed E-state index contributed by atoms with van der Waals surface area (Å²) in [4.78, 5) is 11.7. The third kappa shape index (κ3) is 4.32. The van der Waals surface area contributed by atoms with E-state index in [9.17, 15) is 4.79 Å². The predicted molar refractivity (Wildman–Crippen MR) is 123 cm³/mol. The number of benzene rings is 2. The number of carbonyl (C=O) groups excluding carboxylic acids is 1. The Morgan fingerprint density at radius 2 is 1.94 bits per heavy atom. The highest BCUT2D eigenvalue weighted by Gasteiger charge is 2.27. The van der Waals surface area contributed by atoms with Gasteiger partial charge in [-0.05, 0) is 50.5 Å². The van der Waals surface area contributed by atoms with Crippen molar-refractivity contribution in [2.75, 3.05) is 38.0 Å². The second kappa shape index (κ2) is 9.31. The first-order valence-electron chi connectivity index (χ1n) is 10.7. The number of rotatable bonds is 8. The Bertz CT molecular complexity index is 1050. The van der Waals surface area contributed by atoms with Crippen LogP contribution in [0.3, 0.4) is 0 Å². The van der Waals surface area contributed by atoms with Gasteiger partial charge in [-0.15, -0.1) is 0 Å². The maximum absolute atomic E-state index is 11.7. The summed E-state index contributed by atoms with van der Waals surface area (Å²) in [6.45, 7) is 3.16. The van der Waals surface area contributed by atoms with Crippen LogP contribution in [0.15, 0.2) is 42.5 Å². The molecule has 0 bridgehead atoms. The number of methoxy groups -OCH3 is 1. The molecule has 7 heteroatoms. The third-order valence-corrected chi connectivity index (χ3v) is 5.69. The van der Waals surface area contributed by atoms with E-state index in [1.165, 1.54) is 6.42 Å². The molecule has 0 unspecified atom stereocenters. The van der Waals surface area contributed by atoms with Gasteiger partial charge in [0.25, 0.3) is 0 Å². The molecular weight excluding hydrogens is 394 g/mol. The number of nitrogens with one attached hydrogen (secondary N) is 1. The number of amides is 1. The zero-order chi connectivity index (χ0) is 21.8. The van der Waals surface area contributed by atoms with Crippen LogP contribution in [-0.2, 0) is 9.47 Å². The van der Waals surface area contributed by atoms with Crippen molar-refractivity contribution in [2.24, 2.45) is 0 Å². The average Bonchev–Trinajstić information content (AvgIpc) is 3.00. The average molecular weight is 424 g/mol. The zero-order valence-corrected chi connectivity index (χ0v) is 18.0. The van der Waals surface area contributed by atoms with Crippen LogP contribution in [0.2, 0.25) is 0 Å². The molecule has 0 radical (unpaired) electrons. The maximum Gasteiger partial charge on any atom is 0.411 e. The molecule has 1 aliphatic rings. The number of carbonyl (C=O) groups is 1. The molecule has 0 aliphatic heterocycles. The van der Waals surface area contributed by atoms with Gasteiger partial charge in [-0.2, -0.15) is 0 Å². The van der Waals surface area contributed by atoms with Crippen LogP contribution in [-0.4, -0.2) is 37.6 Å². The number of hydrogen-bond donors (Lipinski definition) is 2. The fourth-order valence-electron chi connectivity index (χ4n) is 3.96. The summed E-state index contributed by atoms with van der Waals surface area (Å²) in [5.74, 6) is 0.808. The highest BCUT2D eigenvalue weighted by atomic mass is 16.5. The molecular formula is C24H29N3O4. The second-order valence-corrected chi connectivity index (χ2v) is 7.66. The van der Waals surface area contributed by atoms with E-state index in [0.717, 1.165) is 46.4 Å². The molecule has 1 fully saturated rings. The summed E-state index contributed by atoms with van der Waals surface area (Å²) >= 11 is 0. The van der Waals surface area contributed by atoms with Crippen molar-refractivity contribution in [2.45, 2.75) is 32.2 Å². The third-order valence-electron chi connectivity index (χ3n) is 5.69. The monoisotopic (exact) mass is 423 g/mol. The van der Waals surface area contributed by atoms with Gasteiger partial charge in [-0.3, -0.25) is 5.32 Å². The smallest absolute Gasteiger partial charge is 0.411 e. The Labute approximate surface area is 182 Å². The Morgan fingerprint density at radius 1 is 1.16 bits per heavy atom. The molecule has 4 rings (SSSR count). The summed E-state index contributed by atoms with van der Waals surface area (Å²) in [7, 11) is 1.66. The van der Waals surface area contributed by atoms with Gasteiger partial charge in [0.05, 0.1) is 30.1 Å². The van der Waals surface area contributed by atoms with Crippen LogP contribution >= 0.6 is 0 Å². The zero-order valence-electron chi connectivity index (χ0n) is 18.0. The van der Waals surface area contributed by atoms with Crippen molar-refractivity contribution in [1.29, 1.82) is 0 Å². The first-order chi connectivity index (χ1) is 15.1. The standard InChI is InChI=1S/C24H29N3O4/c1-3-30-24(28)26-17-9-7-16(8-10-17)23-22(25)20-12-11-19(31-14-13-29-2)15-21(20)27(23)18-5-4-6-18/h7-12,15,18H,3-6,13-14,25H2,1-2H3,(H,26,28). The van der Waals surface area contributed by atoms with Crippen molar-refractivity contribution in [3.63, 3.8) is 0 Å². The Hall–Kier alpha value is -3.19. The van der Waals surface area contributed by atoms with Gasteiger partial charge >= 0.3 is 6.09 Å². The molecule has 0 atom stereocenters. The van der Waals surface area contributed by atoms with E-state index in [1.807, 2.05) is 36.4 Å². The molecule has 0 spiro atoms. The Morgan fingerprint density at radius 3 is 2.58 bits per heavy atom. The molecule has 3 aromatic rings. The highest BCUT2D eigenvalue weighted by Crippen LogP contribution is 2.44. The summed E-state index contributed by atoms with van der Waals surface area (Å²) in [6.07, 6.45) is 3.02. The van der Waals surface area contributed by atoms with Gasteiger partial charge in [0.2, 0.25) is 0 Å². The predicted octanol–water partition coefficient (Wildman–Crippen LogP) is 5.21. The van der Waals surface area contributed by atoms with Gasteiger partial charge in [0, 0.05) is 35.9 Å². The number of aromatic nitrogens is 1. The van der Waals surface area contributed by atoms with Gasteiger partial charge in [-0.1, -0.05) is 12.1 Å². The van der Waals surface area contributed by atoms with Crippen molar-refractivity contribution in [3.8, 4) is 17.0 Å². The number of anilines is 2. The molecule has 1 heterocycles. The minimum Gasteiger partial charge on any atom is -0.491 e. The minimum absolute atomic E-state index is 0.332. The van der Waals surface area contributed by atoms with Crippen LogP contribution in [0.1, 0.15) is 32.2 Å².